The zero-order chi connectivity index (χ0) is 9.97. The molecule has 1 aromatic heterocycles. The standard InChI is InChI=1S/C9H12BrN3O/c10-7-4-11-9(12-5-7)13-3-1-2-8(13)6-14/h4-5,8,14H,1-3,6H2/t8-/m1/s1. The monoisotopic (exact) mass is 257 g/mol. The Kier molecular flexibility index (Phi) is 2.98. The fourth-order valence-electron chi connectivity index (χ4n) is 1.74. The number of hydrogen-bond donors (Lipinski definition) is 1. The van der Waals surface area contributed by atoms with Crippen molar-refractivity contribution in [2.24, 2.45) is 0 Å². The molecule has 1 atom stereocenters. The first kappa shape index (κ1) is 9.86. The van der Waals surface area contributed by atoms with E-state index in [0.29, 0.717) is 5.95 Å². The van der Waals surface area contributed by atoms with Crippen LogP contribution < -0.4 is 4.90 Å². The zero-order valence-electron chi connectivity index (χ0n) is 7.73. The predicted molar refractivity (Wildman–Crippen MR) is 57.2 cm³/mol. The predicted octanol–water partition coefficient (Wildman–Crippen LogP) is 1.20. The highest BCUT2D eigenvalue weighted by Crippen LogP contribution is 2.22. The molecule has 0 aromatic carbocycles. The van der Waals surface area contributed by atoms with E-state index in [1.54, 1.807) is 12.4 Å². The molecule has 1 saturated heterocycles. The summed E-state index contributed by atoms with van der Waals surface area (Å²) in [5, 5.41) is 9.15. The summed E-state index contributed by atoms with van der Waals surface area (Å²) < 4.78 is 0.876. The lowest BCUT2D eigenvalue weighted by atomic mass is 10.2. The van der Waals surface area contributed by atoms with Crippen molar-refractivity contribution >= 4 is 21.9 Å². The number of aliphatic hydroxyl groups is 1. The van der Waals surface area contributed by atoms with Crippen LogP contribution in [-0.2, 0) is 0 Å². The Hall–Kier alpha value is -0.680. The van der Waals surface area contributed by atoms with Gasteiger partial charge >= 0.3 is 0 Å². The molecule has 0 spiro atoms. The second kappa shape index (κ2) is 4.23. The van der Waals surface area contributed by atoms with Gasteiger partial charge < -0.3 is 10.0 Å². The van der Waals surface area contributed by atoms with Crippen LogP contribution in [0.2, 0.25) is 0 Å². The molecule has 0 radical (unpaired) electrons. The van der Waals surface area contributed by atoms with Crippen molar-refractivity contribution in [3.8, 4) is 0 Å². The lowest BCUT2D eigenvalue weighted by Gasteiger charge is -2.22. The van der Waals surface area contributed by atoms with Gasteiger partial charge in [-0.05, 0) is 28.8 Å². The molecule has 0 aliphatic carbocycles. The molecule has 2 rings (SSSR count). The SMILES string of the molecule is OC[C@H]1CCCN1c1ncc(Br)cn1. The van der Waals surface area contributed by atoms with Crippen molar-refractivity contribution in [3.05, 3.63) is 16.9 Å². The average molecular weight is 258 g/mol. The third-order valence-electron chi connectivity index (χ3n) is 2.45. The Balaban J connectivity index is 2.17. The number of anilines is 1. The molecule has 1 aliphatic rings. The third kappa shape index (κ3) is 1.88. The summed E-state index contributed by atoms with van der Waals surface area (Å²) in [4.78, 5) is 10.5. The van der Waals surface area contributed by atoms with Crippen molar-refractivity contribution in [1.29, 1.82) is 0 Å². The van der Waals surface area contributed by atoms with E-state index in [0.717, 1.165) is 23.9 Å². The number of nitrogens with zero attached hydrogens (tertiary/aromatic N) is 3. The molecule has 0 bridgehead atoms. The second-order valence-corrected chi connectivity index (χ2v) is 4.29. The molecule has 1 aromatic rings. The molecule has 14 heavy (non-hydrogen) atoms. The lowest BCUT2D eigenvalue weighted by molar-refractivity contribution is 0.265. The fourth-order valence-corrected chi connectivity index (χ4v) is 1.95. The van der Waals surface area contributed by atoms with Crippen LogP contribution in [0.25, 0.3) is 0 Å². The van der Waals surface area contributed by atoms with Crippen molar-refractivity contribution in [1.82, 2.24) is 9.97 Å². The van der Waals surface area contributed by atoms with Gasteiger partial charge in [0.2, 0.25) is 5.95 Å². The Morgan fingerprint density at radius 3 is 2.86 bits per heavy atom. The highest BCUT2D eigenvalue weighted by Gasteiger charge is 2.25. The van der Waals surface area contributed by atoms with E-state index in [2.05, 4.69) is 30.8 Å². The van der Waals surface area contributed by atoms with Gasteiger partial charge in [-0.3, -0.25) is 0 Å². The van der Waals surface area contributed by atoms with Crippen LogP contribution in [-0.4, -0.2) is 34.3 Å². The Labute approximate surface area is 91.1 Å². The van der Waals surface area contributed by atoms with Gasteiger partial charge in [0.15, 0.2) is 0 Å². The summed E-state index contributed by atoms with van der Waals surface area (Å²) in [5.41, 5.74) is 0. The fraction of sp³-hybridized carbons (Fsp3) is 0.556. The number of aromatic nitrogens is 2. The van der Waals surface area contributed by atoms with E-state index >= 15 is 0 Å². The summed E-state index contributed by atoms with van der Waals surface area (Å²) in [6.45, 7) is 1.12. The molecular weight excluding hydrogens is 246 g/mol. The van der Waals surface area contributed by atoms with E-state index in [-0.39, 0.29) is 12.6 Å². The van der Waals surface area contributed by atoms with Crippen LogP contribution in [0.15, 0.2) is 16.9 Å². The first-order chi connectivity index (χ1) is 6.81. The van der Waals surface area contributed by atoms with Gasteiger partial charge in [-0.15, -0.1) is 0 Å². The van der Waals surface area contributed by atoms with Crippen LogP contribution >= 0.6 is 15.9 Å². The summed E-state index contributed by atoms with van der Waals surface area (Å²) >= 11 is 3.29. The molecule has 1 N–H and O–H groups in total. The average Bonchev–Trinajstić information content (AvgIpc) is 2.67. The molecule has 4 nitrogen and oxygen atoms in total. The molecule has 2 heterocycles. The van der Waals surface area contributed by atoms with Gasteiger partial charge in [-0.2, -0.15) is 0 Å². The van der Waals surface area contributed by atoms with Gasteiger partial charge in [-0.25, -0.2) is 9.97 Å². The summed E-state index contributed by atoms with van der Waals surface area (Å²) in [5.74, 6) is 0.713. The van der Waals surface area contributed by atoms with Gasteiger partial charge in [0, 0.05) is 18.9 Å². The first-order valence-electron chi connectivity index (χ1n) is 4.66. The summed E-state index contributed by atoms with van der Waals surface area (Å²) in [6, 6.07) is 0.191. The highest BCUT2D eigenvalue weighted by molar-refractivity contribution is 9.10. The lowest BCUT2D eigenvalue weighted by Crippen LogP contribution is -2.33. The van der Waals surface area contributed by atoms with Crippen LogP contribution in [0, 0.1) is 0 Å². The smallest absolute Gasteiger partial charge is 0.225 e. The Bertz CT molecular complexity index is 303. The highest BCUT2D eigenvalue weighted by atomic mass is 79.9. The first-order valence-corrected chi connectivity index (χ1v) is 5.45. The van der Waals surface area contributed by atoms with E-state index in [1.165, 1.54) is 0 Å². The summed E-state index contributed by atoms with van der Waals surface area (Å²) in [7, 11) is 0. The van der Waals surface area contributed by atoms with Crippen LogP contribution in [0.4, 0.5) is 5.95 Å². The van der Waals surface area contributed by atoms with Crippen LogP contribution in [0.1, 0.15) is 12.8 Å². The second-order valence-electron chi connectivity index (χ2n) is 3.37. The number of hydrogen-bond acceptors (Lipinski definition) is 4. The normalized spacial score (nSPS) is 21.6. The minimum atomic E-state index is 0.180. The topological polar surface area (TPSA) is 49.2 Å². The Morgan fingerprint density at radius 2 is 2.21 bits per heavy atom. The van der Waals surface area contributed by atoms with Crippen molar-refractivity contribution in [3.63, 3.8) is 0 Å². The van der Waals surface area contributed by atoms with Crippen LogP contribution in [0.5, 0.6) is 0 Å². The zero-order valence-corrected chi connectivity index (χ0v) is 9.31. The van der Waals surface area contributed by atoms with E-state index in [1.807, 2.05) is 0 Å². The van der Waals surface area contributed by atoms with Crippen molar-refractivity contribution in [2.45, 2.75) is 18.9 Å². The molecule has 0 unspecified atom stereocenters. The molecule has 1 aliphatic heterocycles. The molecule has 5 heteroatoms. The third-order valence-corrected chi connectivity index (χ3v) is 2.86. The van der Waals surface area contributed by atoms with Gasteiger partial charge in [-0.1, -0.05) is 0 Å². The maximum absolute atomic E-state index is 9.15. The molecule has 1 fully saturated rings. The Morgan fingerprint density at radius 1 is 1.50 bits per heavy atom. The molecule has 0 saturated carbocycles. The van der Waals surface area contributed by atoms with E-state index < -0.39 is 0 Å². The van der Waals surface area contributed by atoms with Crippen molar-refractivity contribution in [2.75, 3.05) is 18.1 Å². The molecule has 76 valence electrons. The number of halogens is 1. The maximum Gasteiger partial charge on any atom is 0.225 e. The van der Waals surface area contributed by atoms with E-state index in [4.69, 9.17) is 5.11 Å². The number of rotatable bonds is 2. The van der Waals surface area contributed by atoms with Gasteiger partial charge in [0.05, 0.1) is 17.1 Å². The largest absolute Gasteiger partial charge is 0.394 e. The number of aliphatic hydroxyl groups excluding tert-OH is 1. The minimum absolute atomic E-state index is 0.180. The molecular formula is C9H12BrN3O. The van der Waals surface area contributed by atoms with E-state index in [9.17, 15) is 0 Å². The van der Waals surface area contributed by atoms with Crippen molar-refractivity contribution < 1.29 is 5.11 Å². The van der Waals surface area contributed by atoms with Gasteiger partial charge in [0.25, 0.3) is 0 Å². The quantitative estimate of drug-likeness (QED) is 0.866. The summed E-state index contributed by atoms with van der Waals surface area (Å²) in [6.07, 6.45) is 5.59. The minimum Gasteiger partial charge on any atom is -0.394 e. The maximum atomic E-state index is 9.15. The van der Waals surface area contributed by atoms with Crippen LogP contribution in [0.3, 0.4) is 0 Å². The molecule has 0 amide bonds. The van der Waals surface area contributed by atoms with Gasteiger partial charge in [0.1, 0.15) is 0 Å².